The standard InChI is InChI=1S/C26H34FN5O4.C21H27FN4O3/c1-26(2,3)30-23(33)22-10-8-19(36-22)16-31-11-13-32(14-12-31)24(34)17-7-9-21(20(27)15-17)29-25(35)28-18-5-4-6-18;1-21(2,3)24-19(27)18-7-5-15(29-18)13-25-8-10-26(11-9-25)20(28)14-4-6-17(23)16(22)12-14/h7-10,15,18H,4-6,11-14,16H2,1-3H3,(H,30,33)(H2,28,29,35);4-7,12H,8-11,13,23H2,1-3H3,(H,24,27). The second kappa shape index (κ2) is 20.7. The number of rotatable bonds is 10. The molecular weight excluding hydrogens is 841 g/mol. The Kier molecular flexibility index (Phi) is 15.4. The maximum Gasteiger partial charge on any atom is 0.319 e. The van der Waals surface area contributed by atoms with Gasteiger partial charge >= 0.3 is 6.03 Å². The number of carbonyl (C=O) groups is 5. The van der Waals surface area contributed by atoms with E-state index in [0.717, 1.165) is 19.3 Å². The number of nitrogens with one attached hydrogen (secondary N) is 4. The lowest BCUT2D eigenvalue weighted by molar-refractivity contribution is 0.0611. The lowest BCUT2D eigenvalue weighted by Gasteiger charge is -2.34. The first kappa shape index (κ1) is 48.2. The number of amides is 6. The number of benzene rings is 2. The number of nitrogens with two attached hydrogens (primary N) is 1. The van der Waals surface area contributed by atoms with Crippen LogP contribution in [-0.2, 0) is 13.1 Å². The lowest BCUT2D eigenvalue weighted by atomic mass is 9.93. The van der Waals surface area contributed by atoms with E-state index in [1.165, 1.54) is 30.3 Å². The summed E-state index contributed by atoms with van der Waals surface area (Å²) >= 11 is 0. The van der Waals surface area contributed by atoms with E-state index < -0.39 is 17.7 Å². The zero-order valence-corrected chi connectivity index (χ0v) is 38.0. The second-order valence-electron chi connectivity index (χ2n) is 18.7. The third kappa shape index (κ3) is 13.9. The van der Waals surface area contributed by atoms with Crippen LogP contribution in [-0.4, -0.2) is 119 Å². The number of nitrogen functional groups attached to an aromatic ring is 1. The van der Waals surface area contributed by atoms with Crippen molar-refractivity contribution in [2.24, 2.45) is 0 Å². The lowest BCUT2D eigenvalue weighted by Crippen LogP contribution is -2.48. The molecule has 3 fully saturated rings. The third-order valence-electron chi connectivity index (χ3n) is 11.0. The Hall–Kier alpha value is -6.27. The van der Waals surface area contributed by atoms with Crippen LogP contribution >= 0.6 is 0 Å². The van der Waals surface area contributed by atoms with E-state index in [9.17, 15) is 32.8 Å². The number of hydrogen-bond acceptors (Lipinski definition) is 10. The smallest absolute Gasteiger partial charge is 0.319 e. The van der Waals surface area contributed by atoms with Crippen LogP contribution in [0.3, 0.4) is 0 Å². The number of halogens is 2. The summed E-state index contributed by atoms with van der Waals surface area (Å²) < 4.78 is 39.6. The van der Waals surface area contributed by atoms with Crippen LogP contribution in [0.5, 0.6) is 0 Å². The van der Waals surface area contributed by atoms with Gasteiger partial charge < -0.3 is 45.6 Å². The first-order valence-electron chi connectivity index (χ1n) is 22.0. The zero-order valence-electron chi connectivity index (χ0n) is 38.0. The fourth-order valence-electron chi connectivity index (χ4n) is 7.30. The van der Waals surface area contributed by atoms with Crippen molar-refractivity contribution in [3.05, 3.63) is 106 Å². The van der Waals surface area contributed by atoms with Crippen LogP contribution in [0.1, 0.15) is 114 Å². The van der Waals surface area contributed by atoms with E-state index in [1.807, 2.05) is 41.5 Å². The van der Waals surface area contributed by atoms with E-state index >= 15 is 0 Å². The average molecular weight is 902 g/mol. The molecule has 1 aliphatic carbocycles. The van der Waals surface area contributed by atoms with E-state index in [0.29, 0.717) is 82.5 Å². The molecule has 18 heteroatoms. The second-order valence-corrected chi connectivity index (χ2v) is 18.7. The van der Waals surface area contributed by atoms with Crippen molar-refractivity contribution in [3.8, 4) is 0 Å². The molecule has 0 radical (unpaired) electrons. The molecule has 4 heterocycles. The minimum absolute atomic E-state index is 0.0281. The van der Waals surface area contributed by atoms with Crippen LogP contribution in [0, 0.1) is 11.6 Å². The van der Waals surface area contributed by atoms with Gasteiger partial charge in [0.15, 0.2) is 11.5 Å². The summed E-state index contributed by atoms with van der Waals surface area (Å²) in [5.74, 6) is -0.244. The fraction of sp³-hybridized carbons (Fsp3) is 0.468. The van der Waals surface area contributed by atoms with Gasteiger partial charge in [-0.15, -0.1) is 0 Å². The Balaban J connectivity index is 0.000000221. The molecule has 0 atom stereocenters. The van der Waals surface area contributed by atoms with Crippen LogP contribution < -0.4 is 27.0 Å². The first-order chi connectivity index (χ1) is 30.7. The van der Waals surface area contributed by atoms with Crippen LogP contribution in [0.2, 0.25) is 0 Å². The van der Waals surface area contributed by atoms with E-state index in [1.54, 1.807) is 40.1 Å². The molecule has 4 aromatic rings. The number of nitrogens with zero attached hydrogens (tertiary/aromatic N) is 4. The highest BCUT2D eigenvalue weighted by molar-refractivity contribution is 5.96. The van der Waals surface area contributed by atoms with Crippen molar-refractivity contribution in [3.63, 3.8) is 0 Å². The van der Waals surface area contributed by atoms with Crippen molar-refractivity contribution in [2.75, 3.05) is 63.4 Å². The molecule has 2 aromatic carbocycles. The molecule has 1 saturated carbocycles. The van der Waals surface area contributed by atoms with Gasteiger partial charge in [0.25, 0.3) is 23.6 Å². The minimum Gasteiger partial charge on any atom is -0.455 e. The highest BCUT2D eigenvalue weighted by atomic mass is 19.1. The summed E-state index contributed by atoms with van der Waals surface area (Å²) in [5.41, 5.74) is 5.40. The van der Waals surface area contributed by atoms with Crippen molar-refractivity contribution >= 4 is 41.0 Å². The Labute approximate surface area is 378 Å². The fourth-order valence-corrected chi connectivity index (χ4v) is 7.30. The third-order valence-corrected chi connectivity index (χ3v) is 11.0. The minimum atomic E-state index is -0.646. The maximum atomic E-state index is 14.6. The monoisotopic (exact) mass is 901 g/mol. The summed E-state index contributed by atoms with van der Waals surface area (Å²) in [7, 11) is 0. The van der Waals surface area contributed by atoms with Gasteiger partial charge in [-0.25, -0.2) is 13.6 Å². The van der Waals surface area contributed by atoms with Gasteiger partial charge in [0, 0.05) is 80.6 Å². The number of furan rings is 2. The predicted octanol–water partition coefficient (Wildman–Crippen LogP) is 6.07. The van der Waals surface area contributed by atoms with Gasteiger partial charge in [-0.3, -0.25) is 29.0 Å². The van der Waals surface area contributed by atoms with E-state index in [-0.39, 0.29) is 69.2 Å². The normalized spacial score (nSPS) is 16.2. The predicted molar refractivity (Wildman–Crippen MR) is 241 cm³/mol. The quantitative estimate of drug-likeness (QED) is 0.117. The van der Waals surface area contributed by atoms with Crippen molar-refractivity contribution in [2.45, 2.75) is 91.0 Å². The number of hydrogen-bond donors (Lipinski definition) is 5. The topological polar surface area (TPSA) is 199 Å². The van der Waals surface area contributed by atoms with Gasteiger partial charge in [0.2, 0.25) is 0 Å². The molecule has 2 saturated heterocycles. The molecule has 2 aromatic heterocycles. The molecule has 6 N–H and O–H groups in total. The van der Waals surface area contributed by atoms with E-state index in [4.69, 9.17) is 14.6 Å². The average Bonchev–Trinajstić information content (AvgIpc) is 3.91. The number of carbonyl (C=O) groups excluding carboxylic acids is 5. The molecule has 65 heavy (non-hydrogen) atoms. The Morgan fingerprint density at radius 3 is 1.48 bits per heavy atom. The summed E-state index contributed by atoms with van der Waals surface area (Å²) in [4.78, 5) is 69.6. The number of piperazine rings is 2. The van der Waals surface area contributed by atoms with E-state index in [2.05, 4.69) is 31.1 Å². The van der Waals surface area contributed by atoms with Gasteiger partial charge in [-0.1, -0.05) is 0 Å². The summed E-state index contributed by atoms with van der Waals surface area (Å²) in [5, 5.41) is 11.1. The molecule has 2 aliphatic heterocycles. The Morgan fingerprint density at radius 1 is 0.631 bits per heavy atom. The highest BCUT2D eigenvalue weighted by Crippen LogP contribution is 2.22. The zero-order chi connectivity index (χ0) is 47.1. The van der Waals surface area contributed by atoms with Gasteiger partial charge in [-0.2, -0.15) is 0 Å². The molecule has 16 nitrogen and oxygen atoms in total. The van der Waals surface area contributed by atoms with Crippen molar-refractivity contribution in [1.29, 1.82) is 0 Å². The highest BCUT2D eigenvalue weighted by Gasteiger charge is 2.27. The summed E-state index contributed by atoms with van der Waals surface area (Å²) in [6.07, 6.45) is 2.96. The van der Waals surface area contributed by atoms with Gasteiger partial charge in [0.1, 0.15) is 23.2 Å². The maximum absolute atomic E-state index is 14.6. The van der Waals surface area contributed by atoms with Crippen molar-refractivity contribution in [1.82, 2.24) is 35.6 Å². The summed E-state index contributed by atoms with van der Waals surface area (Å²) in [6.45, 7) is 17.1. The molecular formula is C47H61F2N9O7. The molecule has 0 bridgehead atoms. The SMILES string of the molecule is CC(C)(C)NC(=O)c1ccc(CN2CCN(C(=O)c3ccc(N)c(F)c3)CC2)o1.CC(C)(C)NC(=O)c1ccc(CN2CCN(C(=O)c3ccc(NC(=O)NC4CCC4)c(F)c3)CC2)o1. The molecule has 350 valence electrons. The molecule has 0 unspecified atom stereocenters. The summed E-state index contributed by atoms with van der Waals surface area (Å²) in [6, 6.07) is 14.9. The Morgan fingerprint density at radius 2 is 1.08 bits per heavy atom. The molecule has 3 aliphatic rings. The van der Waals surface area contributed by atoms with Gasteiger partial charge in [0.05, 0.1) is 24.5 Å². The van der Waals surface area contributed by atoms with Crippen LogP contribution in [0.4, 0.5) is 25.0 Å². The van der Waals surface area contributed by atoms with Crippen LogP contribution in [0.25, 0.3) is 0 Å². The largest absolute Gasteiger partial charge is 0.455 e. The Bertz CT molecular complexity index is 2330. The van der Waals surface area contributed by atoms with Crippen LogP contribution in [0.15, 0.2) is 69.5 Å². The number of anilines is 2. The molecule has 0 spiro atoms. The first-order valence-corrected chi connectivity index (χ1v) is 22.0. The number of urea groups is 1. The molecule has 7 rings (SSSR count). The molecule has 6 amide bonds. The van der Waals surface area contributed by atoms with Crippen molar-refractivity contribution < 1.29 is 41.6 Å². The van der Waals surface area contributed by atoms with Gasteiger partial charge in [-0.05, 0) is 121 Å².